The summed E-state index contributed by atoms with van der Waals surface area (Å²) in [5, 5.41) is 3.71. The summed E-state index contributed by atoms with van der Waals surface area (Å²) in [5.41, 5.74) is 7.70. The first-order chi connectivity index (χ1) is 14.8. The number of ether oxygens (including phenoxy) is 2. The lowest BCUT2D eigenvalue weighted by Gasteiger charge is -2.18. The molecule has 0 bridgehead atoms. The Balaban J connectivity index is 1.92. The molecule has 0 unspecified atom stereocenters. The summed E-state index contributed by atoms with van der Waals surface area (Å²) < 4.78 is 10.3. The van der Waals surface area contributed by atoms with E-state index in [1.807, 2.05) is 44.3 Å². The average Bonchev–Trinajstić information content (AvgIpc) is 3.14. The van der Waals surface area contributed by atoms with Crippen LogP contribution in [0.3, 0.4) is 0 Å². The Labute approximate surface area is 182 Å². The van der Waals surface area contributed by atoms with E-state index < -0.39 is 24.0 Å². The summed E-state index contributed by atoms with van der Waals surface area (Å²) in [6.45, 7) is 6.31. The van der Waals surface area contributed by atoms with Crippen molar-refractivity contribution in [2.75, 3.05) is 13.2 Å². The van der Waals surface area contributed by atoms with Gasteiger partial charge in [0.25, 0.3) is 0 Å². The fraction of sp³-hybridized carbons (Fsp3) is 0.522. The van der Waals surface area contributed by atoms with E-state index >= 15 is 0 Å². The Hall–Kier alpha value is -2.87. The van der Waals surface area contributed by atoms with E-state index in [9.17, 15) is 14.4 Å². The summed E-state index contributed by atoms with van der Waals surface area (Å²) in [6, 6.07) is 6.02. The van der Waals surface area contributed by atoms with Gasteiger partial charge in [-0.1, -0.05) is 32.0 Å². The molecule has 0 aliphatic carbocycles. The number of nitrogens with two attached hydrogens (primary N) is 1. The Morgan fingerprint density at radius 3 is 2.55 bits per heavy atom. The van der Waals surface area contributed by atoms with Gasteiger partial charge in [0.2, 0.25) is 5.91 Å². The summed E-state index contributed by atoms with van der Waals surface area (Å²) in [6.07, 6.45) is 3.01. The molecule has 1 heterocycles. The topological polar surface area (TPSA) is 124 Å². The first kappa shape index (κ1) is 24.4. The first-order valence-corrected chi connectivity index (χ1v) is 10.7. The molecule has 0 saturated carbocycles. The second kappa shape index (κ2) is 12.1. The molecule has 1 amide bonds. The van der Waals surface area contributed by atoms with Crippen LogP contribution in [-0.4, -0.2) is 48.1 Å². The number of carbonyl (C=O) groups is 3. The minimum Gasteiger partial charge on any atom is -0.465 e. The zero-order valence-electron chi connectivity index (χ0n) is 18.5. The van der Waals surface area contributed by atoms with Crippen molar-refractivity contribution in [3.05, 3.63) is 36.0 Å². The van der Waals surface area contributed by atoms with Gasteiger partial charge in [-0.25, -0.2) is 4.79 Å². The van der Waals surface area contributed by atoms with Crippen molar-refractivity contribution in [1.82, 2.24) is 10.3 Å². The average molecular weight is 432 g/mol. The van der Waals surface area contributed by atoms with Crippen LogP contribution in [0.4, 0.5) is 0 Å². The molecule has 2 rings (SSSR count). The third-order valence-corrected chi connectivity index (χ3v) is 4.93. The number of amides is 1. The molecule has 0 radical (unpaired) electrons. The van der Waals surface area contributed by atoms with Crippen molar-refractivity contribution >= 4 is 28.7 Å². The van der Waals surface area contributed by atoms with Crippen LogP contribution < -0.4 is 11.1 Å². The molecule has 0 saturated heterocycles. The van der Waals surface area contributed by atoms with Crippen LogP contribution >= 0.6 is 0 Å². The fourth-order valence-corrected chi connectivity index (χ4v) is 3.13. The molecule has 170 valence electrons. The van der Waals surface area contributed by atoms with Gasteiger partial charge >= 0.3 is 11.9 Å². The van der Waals surface area contributed by atoms with Gasteiger partial charge in [0, 0.05) is 29.9 Å². The molecule has 0 aliphatic rings. The molecule has 0 aliphatic heterocycles. The second-order valence-electron chi connectivity index (χ2n) is 7.93. The van der Waals surface area contributed by atoms with Gasteiger partial charge in [0.15, 0.2) is 0 Å². The van der Waals surface area contributed by atoms with Gasteiger partial charge < -0.3 is 25.5 Å². The second-order valence-corrected chi connectivity index (χ2v) is 7.93. The molecule has 2 aromatic rings. The number of para-hydroxylation sites is 1. The van der Waals surface area contributed by atoms with Crippen LogP contribution in [0.15, 0.2) is 30.5 Å². The molecule has 0 spiro atoms. The predicted molar refractivity (Wildman–Crippen MR) is 118 cm³/mol. The summed E-state index contributed by atoms with van der Waals surface area (Å²) >= 11 is 0. The number of H-pyrrole nitrogens is 1. The highest BCUT2D eigenvalue weighted by molar-refractivity contribution is 5.87. The van der Waals surface area contributed by atoms with Gasteiger partial charge in [0.1, 0.15) is 12.1 Å². The SMILES string of the molecule is CCOC(=O)[C@H](Cc1c[nH]c2ccccc12)NC(=O)CC[C@@H](N)C(=O)OCCC(C)C. The summed E-state index contributed by atoms with van der Waals surface area (Å²) in [4.78, 5) is 40.0. The number of esters is 2. The summed E-state index contributed by atoms with van der Waals surface area (Å²) in [5.74, 6) is -0.970. The van der Waals surface area contributed by atoms with E-state index in [4.69, 9.17) is 15.2 Å². The highest BCUT2D eigenvalue weighted by Gasteiger charge is 2.25. The van der Waals surface area contributed by atoms with Gasteiger partial charge in [-0.05, 0) is 37.3 Å². The van der Waals surface area contributed by atoms with Crippen LogP contribution in [-0.2, 0) is 30.3 Å². The lowest BCUT2D eigenvalue weighted by Crippen LogP contribution is -2.44. The van der Waals surface area contributed by atoms with E-state index in [0.29, 0.717) is 12.5 Å². The number of hydrogen-bond acceptors (Lipinski definition) is 6. The molecule has 8 nitrogen and oxygen atoms in total. The first-order valence-electron chi connectivity index (χ1n) is 10.7. The molecule has 1 aromatic heterocycles. The fourth-order valence-electron chi connectivity index (χ4n) is 3.13. The van der Waals surface area contributed by atoms with Crippen molar-refractivity contribution in [3.63, 3.8) is 0 Å². The number of aromatic nitrogens is 1. The van der Waals surface area contributed by atoms with Gasteiger partial charge in [-0.2, -0.15) is 0 Å². The monoisotopic (exact) mass is 431 g/mol. The lowest BCUT2D eigenvalue weighted by atomic mass is 10.0. The molecular weight excluding hydrogens is 398 g/mol. The van der Waals surface area contributed by atoms with E-state index in [1.54, 1.807) is 6.92 Å². The Morgan fingerprint density at radius 2 is 1.84 bits per heavy atom. The number of fused-ring (bicyclic) bond motifs is 1. The van der Waals surface area contributed by atoms with Crippen LogP contribution in [0.1, 0.15) is 45.6 Å². The number of hydrogen-bond donors (Lipinski definition) is 3. The minimum atomic E-state index is -0.882. The molecule has 8 heteroatoms. The highest BCUT2D eigenvalue weighted by Crippen LogP contribution is 2.19. The van der Waals surface area contributed by atoms with E-state index in [1.165, 1.54) is 0 Å². The number of benzene rings is 1. The predicted octanol–water partition coefficient (Wildman–Crippen LogP) is 2.46. The van der Waals surface area contributed by atoms with Crippen LogP contribution in [0.25, 0.3) is 10.9 Å². The largest absolute Gasteiger partial charge is 0.465 e. The standard InChI is InChI=1S/C23H33N3O5/c1-4-30-23(29)20(13-16-14-25-19-8-6-5-7-17(16)19)26-21(27)10-9-18(24)22(28)31-12-11-15(2)3/h5-8,14-15,18,20,25H,4,9-13,24H2,1-3H3,(H,26,27)/t18-,20+/m1/s1. The van der Waals surface area contributed by atoms with Crippen molar-refractivity contribution in [3.8, 4) is 0 Å². The molecule has 4 N–H and O–H groups in total. The smallest absolute Gasteiger partial charge is 0.328 e. The maximum atomic E-state index is 12.5. The lowest BCUT2D eigenvalue weighted by molar-refractivity contribution is -0.148. The van der Waals surface area contributed by atoms with E-state index in [-0.39, 0.29) is 31.8 Å². The quantitative estimate of drug-likeness (QED) is 0.444. The molecule has 1 aromatic carbocycles. The maximum absolute atomic E-state index is 12.5. The van der Waals surface area contributed by atoms with Crippen molar-refractivity contribution < 1.29 is 23.9 Å². The third-order valence-electron chi connectivity index (χ3n) is 4.93. The highest BCUT2D eigenvalue weighted by atomic mass is 16.5. The molecule has 0 fully saturated rings. The zero-order valence-corrected chi connectivity index (χ0v) is 18.5. The molecule has 31 heavy (non-hydrogen) atoms. The van der Waals surface area contributed by atoms with E-state index in [2.05, 4.69) is 10.3 Å². The Morgan fingerprint density at radius 1 is 1.10 bits per heavy atom. The van der Waals surface area contributed by atoms with Crippen LogP contribution in [0, 0.1) is 5.92 Å². The zero-order chi connectivity index (χ0) is 22.8. The van der Waals surface area contributed by atoms with Crippen molar-refractivity contribution in [1.29, 1.82) is 0 Å². The van der Waals surface area contributed by atoms with Gasteiger partial charge in [-0.3, -0.25) is 9.59 Å². The Kier molecular flexibility index (Phi) is 9.52. The Bertz CT molecular complexity index is 877. The van der Waals surface area contributed by atoms with Crippen molar-refractivity contribution in [2.24, 2.45) is 11.7 Å². The maximum Gasteiger partial charge on any atom is 0.328 e. The van der Waals surface area contributed by atoms with Gasteiger partial charge in [-0.15, -0.1) is 0 Å². The number of nitrogens with one attached hydrogen (secondary N) is 2. The third kappa shape index (κ3) is 7.71. The number of aromatic amines is 1. The van der Waals surface area contributed by atoms with Crippen LogP contribution in [0.2, 0.25) is 0 Å². The number of rotatable bonds is 12. The molecular formula is C23H33N3O5. The van der Waals surface area contributed by atoms with Crippen molar-refractivity contribution in [2.45, 2.75) is 58.5 Å². The van der Waals surface area contributed by atoms with E-state index in [0.717, 1.165) is 22.9 Å². The summed E-state index contributed by atoms with van der Waals surface area (Å²) in [7, 11) is 0. The normalized spacial score (nSPS) is 13.1. The minimum absolute atomic E-state index is 0.00420. The molecule has 2 atom stereocenters. The van der Waals surface area contributed by atoms with Gasteiger partial charge in [0.05, 0.1) is 13.2 Å². The van der Waals surface area contributed by atoms with Crippen LogP contribution in [0.5, 0.6) is 0 Å². The number of carbonyl (C=O) groups excluding carboxylic acids is 3.